The summed E-state index contributed by atoms with van der Waals surface area (Å²) in [5, 5.41) is 2.96. The van der Waals surface area contributed by atoms with Crippen LogP contribution in [0.1, 0.15) is 12.0 Å². The van der Waals surface area contributed by atoms with Gasteiger partial charge in [-0.05, 0) is 31.2 Å². The summed E-state index contributed by atoms with van der Waals surface area (Å²) >= 11 is 1.71. The lowest BCUT2D eigenvalue weighted by Crippen LogP contribution is -2.34. The van der Waals surface area contributed by atoms with Crippen molar-refractivity contribution in [1.82, 2.24) is 5.32 Å². The van der Waals surface area contributed by atoms with E-state index < -0.39 is 0 Å². The van der Waals surface area contributed by atoms with Crippen LogP contribution in [0.15, 0.2) is 59.5 Å². The lowest BCUT2D eigenvalue weighted by molar-refractivity contribution is -0.126. The third-order valence-corrected chi connectivity index (χ3v) is 5.27. The van der Waals surface area contributed by atoms with Crippen LogP contribution in [0.4, 0.5) is 5.69 Å². The van der Waals surface area contributed by atoms with Crippen LogP contribution in [0.3, 0.4) is 0 Å². The average molecular weight is 354 g/mol. The van der Waals surface area contributed by atoms with Gasteiger partial charge in [0.15, 0.2) is 0 Å². The van der Waals surface area contributed by atoms with Crippen molar-refractivity contribution in [2.45, 2.75) is 18.2 Å². The number of benzene rings is 2. The minimum absolute atomic E-state index is 0.0164. The first-order valence-electron chi connectivity index (χ1n) is 8.46. The van der Waals surface area contributed by atoms with Gasteiger partial charge in [0.2, 0.25) is 11.8 Å². The minimum atomic E-state index is -0.268. The molecule has 1 saturated heterocycles. The van der Waals surface area contributed by atoms with E-state index in [4.69, 9.17) is 0 Å². The third kappa shape index (κ3) is 4.63. The van der Waals surface area contributed by atoms with Crippen LogP contribution in [-0.4, -0.2) is 30.7 Å². The Kier molecular flexibility index (Phi) is 5.76. The molecule has 3 rings (SSSR count). The topological polar surface area (TPSA) is 49.4 Å². The highest BCUT2D eigenvalue weighted by Crippen LogP contribution is 2.25. The van der Waals surface area contributed by atoms with Crippen molar-refractivity contribution >= 4 is 29.3 Å². The van der Waals surface area contributed by atoms with Crippen molar-refractivity contribution in [3.63, 3.8) is 0 Å². The molecule has 0 unspecified atom stereocenters. The van der Waals surface area contributed by atoms with Gasteiger partial charge in [0.1, 0.15) is 0 Å². The van der Waals surface area contributed by atoms with E-state index >= 15 is 0 Å². The Balaban J connectivity index is 1.46. The number of aryl methyl sites for hydroxylation is 1. The molecule has 0 bridgehead atoms. The zero-order chi connectivity index (χ0) is 17.6. The molecule has 25 heavy (non-hydrogen) atoms. The highest BCUT2D eigenvalue weighted by Gasteiger charge is 2.34. The van der Waals surface area contributed by atoms with Crippen LogP contribution < -0.4 is 10.2 Å². The summed E-state index contributed by atoms with van der Waals surface area (Å²) < 4.78 is 0. The number of nitrogens with one attached hydrogen (secondary N) is 1. The fourth-order valence-corrected chi connectivity index (χ4v) is 3.65. The second kappa shape index (κ2) is 8.21. The maximum Gasteiger partial charge on any atom is 0.227 e. The number of rotatable bonds is 6. The van der Waals surface area contributed by atoms with Crippen LogP contribution in [0, 0.1) is 12.8 Å². The molecule has 2 amide bonds. The molecule has 1 aliphatic heterocycles. The van der Waals surface area contributed by atoms with Gasteiger partial charge in [0.05, 0.1) is 5.92 Å². The molecular formula is C20H22N2O2S. The van der Waals surface area contributed by atoms with E-state index in [2.05, 4.69) is 17.4 Å². The SMILES string of the molecule is Cc1ccc(N2C[C@@H](C(=O)NCCSc3ccccc3)CC2=O)cc1. The molecule has 0 radical (unpaired) electrons. The van der Waals surface area contributed by atoms with Gasteiger partial charge < -0.3 is 10.2 Å². The fraction of sp³-hybridized carbons (Fsp3) is 0.300. The first-order valence-corrected chi connectivity index (χ1v) is 9.44. The summed E-state index contributed by atoms with van der Waals surface area (Å²) in [6.45, 7) is 3.08. The van der Waals surface area contributed by atoms with E-state index in [9.17, 15) is 9.59 Å². The fourth-order valence-electron chi connectivity index (χ4n) is 2.86. The van der Waals surface area contributed by atoms with Crippen molar-refractivity contribution in [3.05, 3.63) is 60.2 Å². The molecule has 0 aromatic heterocycles. The molecule has 1 fully saturated rings. The quantitative estimate of drug-likeness (QED) is 0.640. The van der Waals surface area contributed by atoms with E-state index in [1.807, 2.05) is 49.4 Å². The van der Waals surface area contributed by atoms with Gasteiger partial charge in [-0.1, -0.05) is 35.9 Å². The predicted molar refractivity (Wildman–Crippen MR) is 102 cm³/mol. The maximum atomic E-state index is 12.3. The molecule has 0 spiro atoms. The molecule has 0 aliphatic carbocycles. The molecular weight excluding hydrogens is 332 g/mol. The second-order valence-corrected chi connectivity index (χ2v) is 7.36. The number of amides is 2. The highest BCUT2D eigenvalue weighted by atomic mass is 32.2. The van der Waals surface area contributed by atoms with Crippen molar-refractivity contribution in [1.29, 1.82) is 0 Å². The number of anilines is 1. The van der Waals surface area contributed by atoms with Crippen LogP contribution in [-0.2, 0) is 9.59 Å². The third-order valence-electron chi connectivity index (χ3n) is 4.25. The normalized spacial score (nSPS) is 16.9. The van der Waals surface area contributed by atoms with Crippen LogP contribution in [0.2, 0.25) is 0 Å². The molecule has 1 heterocycles. The first kappa shape index (κ1) is 17.5. The minimum Gasteiger partial charge on any atom is -0.355 e. The van der Waals surface area contributed by atoms with Crippen molar-refractivity contribution in [3.8, 4) is 0 Å². The van der Waals surface area contributed by atoms with Crippen molar-refractivity contribution in [2.75, 3.05) is 23.7 Å². The number of carbonyl (C=O) groups is 2. The number of nitrogens with zero attached hydrogens (tertiary/aromatic N) is 1. The zero-order valence-electron chi connectivity index (χ0n) is 14.3. The number of carbonyl (C=O) groups excluding carboxylic acids is 2. The summed E-state index contributed by atoms with van der Waals surface area (Å²) in [6, 6.07) is 17.9. The first-order chi connectivity index (χ1) is 12.1. The summed E-state index contributed by atoms with van der Waals surface area (Å²) in [7, 11) is 0. The Morgan fingerprint density at radius 1 is 1.16 bits per heavy atom. The average Bonchev–Trinajstić information content (AvgIpc) is 3.02. The Morgan fingerprint density at radius 2 is 1.88 bits per heavy atom. The Labute approximate surface area is 152 Å². The van der Waals surface area contributed by atoms with E-state index in [0.717, 1.165) is 17.0 Å². The van der Waals surface area contributed by atoms with Crippen LogP contribution in [0.25, 0.3) is 0 Å². The number of hydrogen-bond acceptors (Lipinski definition) is 3. The van der Waals surface area contributed by atoms with Crippen LogP contribution >= 0.6 is 11.8 Å². The van der Waals surface area contributed by atoms with Crippen molar-refractivity contribution in [2.24, 2.45) is 5.92 Å². The van der Waals surface area contributed by atoms with E-state index in [-0.39, 0.29) is 24.2 Å². The molecule has 1 aliphatic rings. The van der Waals surface area contributed by atoms with Gasteiger partial charge in [0.25, 0.3) is 0 Å². The van der Waals surface area contributed by atoms with Gasteiger partial charge in [-0.25, -0.2) is 0 Å². The Bertz CT molecular complexity index is 731. The molecule has 4 nitrogen and oxygen atoms in total. The standard InChI is InChI=1S/C20H22N2O2S/c1-15-7-9-17(10-8-15)22-14-16(13-19(22)23)20(24)21-11-12-25-18-5-3-2-4-6-18/h2-10,16H,11-14H2,1H3,(H,21,24)/t16-/m0/s1. The molecule has 0 saturated carbocycles. The van der Waals surface area contributed by atoms with Gasteiger partial charge in [-0.15, -0.1) is 11.8 Å². The summed E-state index contributed by atoms with van der Waals surface area (Å²) in [6.07, 6.45) is 0.283. The summed E-state index contributed by atoms with van der Waals surface area (Å²) in [4.78, 5) is 27.5. The lowest BCUT2D eigenvalue weighted by atomic mass is 10.1. The maximum absolute atomic E-state index is 12.3. The summed E-state index contributed by atoms with van der Waals surface area (Å²) in [5.74, 6) is 0.535. The highest BCUT2D eigenvalue weighted by molar-refractivity contribution is 7.99. The molecule has 1 N–H and O–H groups in total. The summed E-state index contributed by atoms with van der Waals surface area (Å²) in [5.41, 5.74) is 2.02. The van der Waals surface area contributed by atoms with Crippen LogP contribution in [0.5, 0.6) is 0 Å². The predicted octanol–water partition coefficient (Wildman–Crippen LogP) is 3.26. The number of thioether (sulfide) groups is 1. The second-order valence-electron chi connectivity index (χ2n) is 6.19. The van der Waals surface area contributed by atoms with Gasteiger partial charge in [0, 0.05) is 35.8 Å². The van der Waals surface area contributed by atoms with Gasteiger partial charge in [-0.3, -0.25) is 9.59 Å². The van der Waals surface area contributed by atoms with Crippen molar-refractivity contribution < 1.29 is 9.59 Å². The van der Waals surface area contributed by atoms with E-state index in [1.165, 1.54) is 4.90 Å². The van der Waals surface area contributed by atoms with E-state index in [1.54, 1.807) is 16.7 Å². The molecule has 130 valence electrons. The number of hydrogen-bond donors (Lipinski definition) is 1. The molecule has 1 atom stereocenters. The molecule has 2 aromatic carbocycles. The Morgan fingerprint density at radius 3 is 2.60 bits per heavy atom. The zero-order valence-corrected chi connectivity index (χ0v) is 15.1. The lowest BCUT2D eigenvalue weighted by Gasteiger charge is -2.17. The Hall–Kier alpha value is -2.27. The monoisotopic (exact) mass is 354 g/mol. The van der Waals surface area contributed by atoms with E-state index in [0.29, 0.717) is 13.1 Å². The largest absolute Gasteiger partial charge is 0.355 e. The smallest absolute Gasteiger partial charge is 0.227 e. The molecule has 2 aromatic rings. The molecule has 5 heteroatoms. The van der Waals surface area contributed by atoms with Gasteiger partial charge in [-0.2, -0.15) is 0 Å². The van der Waals surface area contributed by atoms with Gasteiger partial charge >= 0.3 is 0 Å².